The van der Waals surface area contributed by atoms with Crippen LogP contribution in [-0.2, 0) is 14.3 Å². The molecule has 1 N–H and O–H groups in total. The van der Waals surface area contributed by atoms with Gasteiger partial charge in [0.1, 0.15) is 5.52 Å². The van der Waals surface area contributed by atoms with Crippen molar-refractivity contribution in [2.24, 2.45) is 5.92 Å². The van der Waals surface area contributed by atoms with Crippen LogP contribution in [0.1, 0.15) is 19.8 Å². The van der Waals surface area contributed by atoms with Gasteiger partial charge in [-0.1, -0.05) is 35.3 Å². The zero-order valence-corrected chi connectivity index (χ0v) is 18.3. The quantitative estimate of drug-likeness (QED) is 0.542. The molecule has 0 saturated carbocycles. The molecule has 4 rings (SSSR count). The summed E-state index contributed by atoms with van der Waals surface area (Å²) >= 11 is 12.0. The number of amides is 1. The minimum absolute atomic E-state index is 0.286. The van der Waals surface area contributed by atoms with E-state index >= 15 is 0 Å². The third kappa shape index (κ3) is 4.94. The lowest BCUT2D eigenvalue weighted by molar-refractivity contribution is -0.158. The first-order valence-corrected chi connectivity index (χ1v) is 10.7. The number of carbonyl (C=O) groups excluding carboxylic acids is 2. The summed E-state index contributed by atoms with van der Waals surface area (Å²) in [4.78, 5) is 31.5. The number of benzene rings is 2. The lowest BCUT2D eigenvalue weighted by Crippen LogP contribution is -2.39. The fraction of sp³-hybridized carbons (Fsp3) is 0.318. The molecule has 3 aromatic rings. The summed E-state index contributed by atoms with van der Waals surface area (Å²) in [5.74, 6) is -1.15. The van der Waals surface area contributed by atoms with Gasteiger partial charge >= 0.3 is 5.97 Å². The van der Waals surface area contributed by atoms with Gasteiger partial charge in [-0.25, -0.2) is 0 Å². The molecule has 162 valence electrons. The highest BCUT2D eigenvalue weighted by molar-refractivity contribution is 6.35. The second-order valence-corrected chi connectivity index (χ2v) is 8.26. The third-order valence-electron chi connectivity index (χ3n) is 5.23. The standard InChI is InChI=1S/C22H21Cl2N3O4/c1-13(20(28)25-18-12-15(23)6-7-16(18)24)30-21(29)14-8-10-27(11-9-14)22-26-17-4-2-3-5-19(17)31-22/h2-7,12-14H,8-11H2,1H3,(H,25,28). The minimum atomic E-state index is -0.961. The molecule has 1 amide bonds. The molecular formula is C22H21Cl2N3O4. The molecule has 1 aliphatic rings. The molecule has 9 heteroatoms. The number of carbonyl (C=O) groups is 2. The van der Waals surface area contributed by atoms with E-state index in [9.17, 15) is 9.59 Å². The number of rotatable bonds is 5. The molecule has 31 heavy (non-hydrogen) atoms. The van der Waals surface area contributed by atoms with Gasteiger partial charge in [0.15, 0.2) is 11.7 Å². The van der Waals surface area contributed by atoms with Crippen LogP contribution in [-0.4, -0.2) is 36.1 Å². The summed E-state index contributed by atoms with van der Waals surface area (Å²) in [7, 11) is 0. The van der Waals surface area contributed by atoms with Gasteiger partial charge in [-0.2, -0.15) is 4.98 Å². The summed E-state index contributed by atoms with van der Waals surface area (Å²) in [6.45, 7) is 2.76. The molecule has 2 heterocycles. The van der Waals surface area contributed by atoms with Crippen molar-refractivity contribution < 1.29 is 18.7 Å². The average molecular weight is 462 g/mol. The molecule has 1 saturated heterocycles. The fourth-order valence-electron chi connectivity index (χ4n) is 3.45. The first kappa shape index (κ1) is 21.5. The number of para-hydroxylation sites is 2. The number of hydrogen-bond acceptors (Lipinski definition) is 6. The molecule has 0 radical (unpaired) electrons. The first-order valence-electron chi connectivity index (χ1n) is 9.97. The summed E-state index contributed by atoms with van der Waals surface area (Å²) in [5, 5.41) is 3.43. The zero-order valence-electron chi connectivity index (χ0n) is 16.8. The maximum atomic E-state index is 12.6. The largest absolute Gasteiger partial charge is 0.452 e. The number of aromatic nitrogens is 1. The summed E-state index contributed by atoms with van der Waals surface area (Å²) in [6, 6.07) is 12.9. The van der Waals surface area contributed by atoms with Crippen LogP contribution in [0.5, 0.6) is 0 Å². The van der Waals surface area contributed by atoms with Crippen LogP contribution in [0.15, 0.2) is 46.9 Å². The van der Waals surface area contributed by atoms with Crippen LogP contribution < -0.4 is 10.2 Å². The van der Waals surface area contributed by atoms with E-state index in [1.807, 2.05) is 29.2 Å². The third-order valence-corrected chi connectivity index (χ3v) is 5.79. The van der Waals surface area contributed by atoms with E-state index in [4.69, 9.17) is 32.4 Å². The van der Waals surface area contributed by atoms with E-state index in [0.717, 1.165) is 11.1 Å². The molecule has 1 aromatic heterocycles. The highest BCUT2D eigenvalue weighted by atomic mass is 35.5. The minimum Gasteiger partial charge on any atom is -0.452 e. The van der Waals surface area contributed by atoms with Gasteiger partial charge in [-0.05, 0) is 50.1 Å². The molecule has 0 spiro atoms. The number of esters is 1. The van der Waals surface area contributed by atoms with Gasteiger partial charge in [0, 0.05) is 18.1 Å². The Balaban J connectivity index is 1.30. The fourth-order valence-corrected chi connectivity index (χ4v) is 3.79. The number of hydrogen-bond donors (Lipinski definition) is 1. The number of oxazole rings is 1. The summed E-state index contributed by atoms with van der Waals surface area (Å²) in [5.41, 5.74) is 1.91. The van der Waals surface area contributed by atoms with Crippen molar-refractivity contribution in [3.05, 3.63) is 52.5 Å². The Kier molecular flexibility index (Phi) is 6.34. The Hall–Kier alpha value is -2.77. The van der Waals surface area contributed by atoms with E-state index < -0.39 is 18.0 Å². The van der Waals surface area contributed by atoms with E-state index in [-0.39, 0.29) is 5.92 Å². The second-order valence-electron chi connectivity index (χ2n) is 7.42. The van der Waals surface area contributed by atoms with E-state index in [0.29, 0.717) is 47.7 Å². The Morgan fingerprint density at radius 1 is 1.19 bits per heavy atom. The lowest BCUT2D eigenvalue weighted by Gasteiger charge is -2.30. The van der Waals surface area contributed by atoms with Crippen molar-refractivity contribution in [3.8, 4) is 0 Å². The van der Waals surface area contributed by atoms with Crippen LogP contribution in [0.4, 0.5) is 11.7 Å². The number of nitrogens with zero attached hydrogens (tertiary/aromatic N) is 2. The normalized spacial score (nSPS) is 15.6. The molecule has 1 atom stereocenters. The Labute approximate surface area is 189 Å². The Morgan fingerprint density at radius 3 is 2.68 bits per heavy atom. The average Bonchev–Trinajstić information content (AvgIpc) is 3.20. The monoisotopic (exact) mass is 461 g/mol. The Morgan fingerprint density at radius 2 is 1.94 bits per heavy atom. The number of halogens is 2. The highest BCUT2D eigenvalue weighted by Crippen LogP contribution is 2.28. The summed E-state index contributed by atoms with van der Waals surface area (Å²) < 4.78 is 11.2. The van der Waals surface area contributed by atoms with Crippen molar-refractivity contribution in [1.29, 1.82) is 0 Å². The second kappa shape index (κ2) is 9.16. The van der Waals surface area contributed by atoms with Crippen LogP contribution >= 0.6 is 23.2 Å². The van der Waals surface area contributed by atoms with Gasteiger partial charge in [0.2, 0.25) is 0 Å². The number of nitrogens with one attached hydrogen (secondary N) is 1. The van der Waals surface area contributed by atoms with Gasteiger partial charge in [0.25, 0.3) is 11.9 Å². The smallest absolute Gasteiger partial charge is 0.309 e. The molecule has 1 fully saturated rings. The molecule has 0 bridgehead atoms. The van der Waals surface area contributed by atoms with Crippen molar-refractivity contribution in [1.82, 2.24) is 4.98 Å². The number of ether oxygens (including phenoxy) is 1. The maximum Gasteiger partial charge on any atom is 0.309 e. The number of piperidine rings is 1. The predicted molar refractivity (Wildman–Crippen MR) is 120 cm³/mol. The van der Waals surface area contributed by atoms with Gasteiger partial charge in [-0.3, -0.25) is 9.59 Å². The highest BCUT2D eigenvalue weighted by Gasteiger charge is 2.30. The molecule has 1 unspecified atom stereocenters. The zero-order chi connectivity index (χ0) is 22.0. The van der Waals surface area contributed by atoms with Gasteiger partial charge in [0.05, 0.1) is 16.6 Å². The molecule has 2 aromatic carbocycles. The van der Waals surface area contributed by atoms with E-state index in [1.54, 1.807) is 12.1 Å². The van der Waals surface area contributed by atoms with Gasteiger partial charge in [-0.15, -0.1) is 0 Å². The van der Waals surface area contributed by atoms with Crippen LogP contribution in [0.3, 0.4) is 0 Å². The Bertz CT molecular complexity index is 1080. The SMILES string of the molecule is CC(OC(=O)C1CCN(c2nc3ccccc3o2)CC1)C(=O)Nc1cc(Cl)ccc1Cl. The van der Waals surface area contributed by atoms with Crippen LogP contribution in [0.2, 0.25) is 10.0 Å². The summed E-state index contributed by atoms with van der Waals surface area (Å²) in [6.07, 6.45) is 0.218. The van der Waals surface area contributed by atoms with Crippen molar-refractivity contribution in [2.45, 2.75) is 25.9 Å². The molecule has 1 aliphatic heterocycles. The number of anilines is 2. The van der Waals surface area contributed by atoms with Gasteiger partial charge < -0.3 is 19.4 Å². The van der Waals surface area contributed by atoms with Crippen molar-refractivity contribution in [2.75, 3.05) is 23.3 Å². The van der Waals surface area contributed by atoms with Crippen LogP contribution in [0, 0.1) is 5.92 Å². The molecule has 0 aliphatic carbocycles. The number of fused-ring (bicyclic) bond motifs is 1. The predicted octanol–water partition coefficient (Wildman–Crippen LogP) is 4.92. The van der Waals surface area contributed by atoms with Crippen molar-refractivity contribution in [3.63, 3.8) is 0 Å². The maximum absolute atomic E-state index is 12.6. The molecule has 7 nitrogen and oxygen atoms in total. The topological polar surface area (TPSA) is 84.7 Å². The van der Waals surface area contributed by atoms with E-state index in [2.05, 4.69) is 10.3 Å². The van der Waals surface area contributed by atoms with Crippen LogP contribution in [0.25, 0.3) is 11.1 Å². The lowest BCUT2D eigenvalue weighted by atomic mass is 9.97. The van der Waals surface area contributed by atoms with Crippen molar-refractivity contribution >= 4 is 57.9 Å². The molecular weight excluding hydrogens is 441 g/mol. The van der Waals surface area contributed by atoms with E-state index in [1.165, 1.54) is 13.0 Å². The first-order chi connectivity index (χ1) is 14.9.